The Kier molecular flexibility index (Phi) is 4.70. The first-order valence-electron chi connectivity index (χ1n) is 7.17. The van der Waals surface area contributed by atoms with Crippen molar-refractivity contribution in [1.29, 1.82) is 0 Å². The lowest BCUT2D eigenvalue weighted by molar-refractivity contribution is 0.272. The van der Waals surface area contributed by atoms with Gasteiger partial charge in [0.25, 0.3) is 0 Å². The molecular formula is C15H24N2O. The van der Waals surface area contributed by atoms with Crippen LogP contribution in [0.1, 0.15) is 68.4 Å². The van der Waals surface area contributed by atoms with E-state index in [-0.39, 0.29) is 6.61 Å². The SMILES string of the molecule is CCCC1CCC(c2ncc(C)c(CO)n2)CC1. The lowest BCUT2D eigenvalue weighted by Crippen LogP contribution is -2.16. The molecule has 1 aromatic heterocycles. The molecule has 0 atom stereocenters. The largest absolute Gasteiger partial charge is 0.390 e. The molecule has 0 amide bonds. The highest BCUT2D eigenvalue weighted by Gasteiger charge is 2.23. The Morgan fingerprint density at radius 2 is 2.00 bits per heavy atom. The van der Waals surface area contributed by atoms with Gasteiger partial charge < -0.3 is 5.11 Å². The van der Waals surface area contributed by atoms with Crippen molar-refractivity contribution < 1.29 is 5.11 Å². The Hall–Kier alpha value is -0.960. The van der Waals surface area contributed by atoms with Gasteiger partial charge >= 0.3 is 0 Å². The van der Waals surface area contributed by atoms with Gasteiger partial charge in [0.2, 0.25) is 0 Å². The number of hydrogen-bond acceptors (Lipinski definition) is 3. The molecule has 0 saturated heterocycles. The molecule has 2 rings (SSSR count). The normalized spacial score (nSPS) is 24.2. The van der Waals surface area contributed by atoms with Gasteiger partial charge in [-0.05, 0) is 44.1 Å². The molecule has 1 N–H and O–H groups in total. The summed E-state index contributed by atoms with van der Waals surface area (Å²) >= 11 is 0. The van der Waals surface area contributed by atoms with Crippen molar-refractivity contribution in [1.82, 2.24) is 9.97 Å². The van der Waals surface area contributed by atoms with E-state index in [0.717, 1.165) is 23.0 Å². The molecule has 0 unspecified atom stereocenters. The second-order valence-electron chi connectivity index (χ2n) is 5.52. The van der Waals surface area contributed by atoms with Crippen LogP contribution < -0.4 is 0 Å². The number of aliphatic hydroxyl groups excluding tert-OH is 1. The van der Waals surface area contributed by atoms with Crippen molar-refractivity contribution in [2.45, 2.75) is 64.9 Å². The molecule has 18 heavy (non-hydrogen) atoms. The van der Waals surface area contributed by atoms with Gasteiger partial charge in [0.1, 0.15) is 5.82 Å². The third-order valence-electron chi connectivity index (χ3n) is 4.15. The summed E-state index contributed by atoms with van der Waals surface area (Å²) < 4.78 is 0. The average molecular weight is 248 g/mol. The van der Waals surface area contributed by atoms with Crippen LogP contribution in [-0.2, 0) is 6.61 Å². The van der Waals surface area contributed by atoms with Gasteiger partial charge in [0.05, 0.1) is 12.3 Å². The summed E-state index contributed by atoms with van der Waals surface area (Å²) in [7, 11) is 0. The van der Waals surface area contributed by atoms with Crippen LogP contribution in [0.4, 0.5) is 0 Å². The third-order valence-corrected chi connectivity index (χ3v) is 4.15. The smallest absolute Gasteiger partial charge is 0.131 e. The van der Waals surface area contributed by atoms with E-state index >= 15 is 0 Å². The molecule has 100 valence electrons. The highest BCUT2D eigenvalue weighted by atomic mass is 16.3. The van der Waals surface area contributed by atoms with E-state index in [2.05, 4.69) is 16.9 Å². The fourth-order valence-electron chi connectivity index (χ4n) is 2.97. The monoisotopic (exact) mass is 248 g/mol. The van der Waals surface area contributed by atoms with Gasteiger partial charge in [-0.2, -0.15) is 0 Å². The summed E-state index contributed by atoms with van der Waals surface area (Å²) in [4.78, 5) is 8.98. The molecule has 0 aliphatic heterocycles. The zero-order valence-electron chi connectivity index (χ0n) is 11.5. The maximum absolute atomic E-state index is 9.26. The van der Waals surface area contributed by atoms with Crippen LogP contribution in [0.25, 0.3) is 0 Å². The molecule has 0 bridgehead atoms. The van der Waals surface area contributed by atoms with Crippen LogP contribution in [0.3, 0.4) is 0 Å². The Labute approximate surface area is 110 Å². The Morgan fingerprint density at radius 3 is 2.61 bits per heavy atom. The predicted molar refractivity (Wildman–Crippen MR) is 72.3 cm³/mol. The topological polar surface area (TPSA) is 46.0 Å². The second kappa shape index (κ2) is 6.28. The number of rotatable bonds is 4. The van der Waals surface area contributed by atoms with Crippen LogP contribution in [0.15, 0.2) is 6.20 Å². The van der Waals surface area contributed by atoms with E-state index in [1.165, 1.54) is 38.5 Å². The molecule has 0 radical (unpaired) electrons. The molecule has 0 spiro atoms. The summed E-state index contributed by atoms with van der Waals surface area (Å²) in [6.07, 6.45) is 9.55. The highest BCUT2D eigenvalue weighted by Crippen LogP contribution is 2.36. The highest BCUT2D eigenvalue weighted by molar-refractivity contribution is 5.16. The molecule has 1 aromatic rings. The predicted octanol–water partition coefficient (Wildman–Crippen LogP) is 3.35. The fourth-order valence-corrected chi connectivity index (χ4v) is 2.97. The molecular weight excluding hydrogens is 224 g/mol. The summed E-state index contributed by atoms with van der Waals surface area (Å²) in [5.41, 5.74) is 1.77. The van der Waals surface area contributed by atoms with Crippen LogP contribution in [0.5, 0.6) is 0 Å². The van der Waals surface area contributed by atoms with E-state index < -0.39 is 0 Å². The minimum atomic E-state index is 0.0204. The van der Waals surface area contributed by atoms with Crippen molar-refractivity contribution in [3.63, 3.8) is 0 Å². The molecule has 1 heterocycles. The number of aryl methyl sites for hydroxylation is 1. The lowest BCUT2D eigenvalue weighted by atomic mass is 9.80. The number of aliphatic hydroxyl groups is 1. The van der Waals surface area contributed by atoms with Gasteiger partial charge in [-0.15, -0.1) is 0 Å². The molecule has 1 aliphatic carbocycles. The first-order valence-corrected chi connectivity index (χ1v) is 7.17. The maximum Gasteiger partial charge on any atom is 0.131 e. The molecule has 3 nitrogen and oxygen atoms in total. The Balaban J connectivity index is 2.01. The summed E-state index contributed by atoms with van der Waals surface area (Å²) in [5, 5.41) is 9.26. The van der Waals surface area contributed by atoms with Gasteiger partial charge in [0.15, 0.2) is 0 Å². The van der Waals surface area contributed by atoms with Gasteiger partial charge in [0, 0.05) is 12.1 Å². The quantitative estimate of drug-likeness (QED) is 0.888. The van der Waals surface area contributed by atoms with Crippen LogP contribution in [0, 0.1) is 12.8 Å². The molecule has 3 heteroatoms. The lowest BCUT2D eigenvalue weighted by Gasteiger charge is -2.27. The number of aromatic nitrogens is 2. The number of hydrogen-bond donors (Lipinski definition) is 1. The molecule has 1 saturated carbocycles. The van der Waals surface area contributed by atoms with Crippen LogP contribution in [-0.4, -0.2) is 15.1 Å². The van der Waals surface area contributed by atoms with Crippen LogP contribution >= 0.6 is 0 Å². The molecule has 1 fully saturated rings. The third kappa shape index (κ3) is 3.08. The molecule has 1 aliphatic rings. The summed E-state index contributed by atoms with van der Waals surface area (Å²) in [6.45, 7) is 4.24. The summed E-state index contributed by atoms with van der Waals surface area (Å²) in [6, 6.07) is 0. The molecule has 0 aromatic carbocycles. The minimum absolute atomic E-state index is 0.0204. The van der Waals surface area contributed by atoms with Crippen molar-refractivity contribution in [3.05, 3.63) is 23.3 Å². The maximum atomic E-state index is 9.26. The van der Waals surface area contributed by atoms with Crippen LogP contribution in [0.2, 0.25) is 0 Å². The Morgan fingerprint density at radius 1 is 1.28 bits per heavy atom. The van der Waals surface area contributed by atoms with E-state index in [1.54, 1.807) is 0 Å². The number of nitrogens with zero attached hydrogens (tertiary/aromatic N) is 2. The van der Waals surface area contributed by atoms with Crippen molar-refractivity contribution in [2.24, 2.45) is 5.92 Å². The van der Waals surface area contributed by atoms with Gasteiger partial charge in [-0.1, -0.05) is 19.8 Å². The first-order chi connectivity index (χ1) is 8.74. The zero-order chi connectivity index (χ0) is 13.0. The fraction of sp³-hybridized carbons (Fsp3) is 0.733. The average Bonchev–Trinajstić information content (AvgIpc) is 2.41. The first kappa shape index (κ1) is 13.5. The minimum Gasteiger partial charge on any atom is -0.390 e. The van der Waals surface area contributed by atoms with E-state index in [1.807, 2.05) is 13.1 Å². The summed E-state index contributed by atoms with van der Waals surface area (Å²) in [5.74, 6) is 2.36. The standard InChI is InChI=1S/C15H24N2O/c1-3-4-12-5-7-13(8-6-12)15-16-9-11(2)14(10-18)17-15/h9,12-13,18H,3-8,10H2,1-2H3. The van der Waals surface area contributed by atoms with E-state index in [4.69, 9.17) is 0 Å². The zero-order valence-corrected chi connectivity index (χ0v) is 11.5. The van der Waals surface area contributed by atoms with Crippen molar-refractivity contribution >= 4 is 0 Å². The van der Waals surface area contributed by atoms with Crippen molar-refractivity contribution in [2.75, 3.05) is 0 Å². The van der Waals surface area contributed by atoms with E-state index in [0.29, 0.717) is 5.92 Å². The Bertz CT molecular complexity index is 384. The van der Waals surface area contributed by atoms with Gasteiger partial charge in [-0.25, -0.2) is 9.97 Å². The van der Waals surface area contributed by atoms with Crippen molar-refractivity contribution in [3.8, 4) is 0 Å². The van der Waals surface area contributed by atoms with Gasteiger partial charge in [-0.3, -0.25) is 0 Å². The van der Waals surface area contributed by atoms with E-state index in [9.17, 15) is 5.11 Å². The second-order valence-corrected chi connectivity index (χ2v) is 5.52.